The highest BCUT2D eigenvalue weighted by atomic mass is 16.4. The number of aliphatic hydroxyl groups excluding tert-OH is 1. The fourth-order valence-corrected chi connectivity index (χ4v) is 1.05. The quantitative estimate of drug-likeness (QED) is 0.224. The molecule has 0 amide bonds. The van der Waals surface area contributed by atoms with E-state index in [9.17, 15) is 9.59 Å². The van der Waals surface area contributed by atoms with Crippen molar-refractivity contribution in [3.05, 3.63) is 0 Å². The average Bonchev–Trinajstić information content (AvgIpc) is 2.25. The summed E-state index contributed by atoms with van der Waals surface area (Å²) in [5.41, 5.74) is 10.1. The highest BCUT2D eigenvalue weighted by Crippen LogP contribution is 1.96. The van der Waals surface area contributed by atoms with Crippen molar-refractivity contribution in [1.82, 2.24) is 5.32 Å². The van der Waals surface area contributed by atoms with Crippen LogP contribution < -0.4 is 16.8 Å². The molecule has 0 saturated heterocycles. The fourth-order valence-electron chi connectivity index (χ4n) is 1.05. The monoisotopic (exact) mass is 292 g/mol. The van der Waals surface area contributed by atoms with Gasteiger partial charge in [0.15, 0.2) is 5.96 Å². The molecular weight excluding hydrogens is 268 g/mol. The van der Waals surface area contributed by atoms with E-state index in [4.69, 9.17) is 32.2 Å². The van der Waals surface area contributed by atoms with Gasteiger partial charge in [-0.3, -0.25) is 15.0 Å². The molecule has 0 heterocycles. The van der Waals surface area contributed by atoms with E-state index in [1.165, 1.54) is 0 Å². The van der Waals surface area contributed by atoms with Crippen molar-refractivity contribution in [2.24, 2.45) is 17.4 Å². The van der Waals surface area contributed by atoms with Gasteiger partial charge in [0.2, 0.25) is 0 Å². The molecule has 9 heteroatoms. The van der Waals surface area contributed by atoms with Gasteiger partial charge in [-0.05, 0) is 12.3 Å². The first-order valence-electron chi connectivity index (χ1n) is 6.04. The summed E-state index contributed by atoms with van der Waals surface area (Å²) in [6.45, 7) is 3.99. The van der Waals surface area contributed by atoms with E-state index in [0.717, 1.165) is 0 Å². The number of carboxylic acids is 2. The van der Waals surface area contributed by atoms with Crippen molar-refractivity contribution in [2.75, 3.05) is 6.54 Å². The Kier molecular flexibility index (Phi) is 11.2. The smallest absolute Gasteiger partial charge is 0.323 e. The Hall–Kier alpha value is -1.87. The average molecular weight is 292 g/mol. The number of aliphatic hydroxyl groups is 1. The molecule has 0 aromatic heterocycles. The number of nitrogens with one attached hydrogen (secondary N) is 2. The van der Waals surface area contributed by atoms with Gasteiger partial charge in [0.05, 0.1) is 6.10 Å². The van der Waals surface area contributed by atoms with Gasteiger partial charge in [-0.25, -0.2) is 0 Å². The lowest BCUT2D eigenvalue weighted by atomic mass is 10.1. The minimum absolute atomic E-state index is 0.132. The number of aliphatic carboxylic acids is 2. The van der Waals surface area contributed by atoms with Crippen LogP contribution in [0.2, 0.25) is 0 Å². The van der Waals surface area contributed by atoms with E-state index < -0.39 is 24.1 Å². The van der Waals surface area contributed by atoms with Crippen LogP contribution in [-0.4, -0.2) is 51.9 Å². The van der Waals surface area contributed by atoms with Crippen molar-refractivity contribution < 1.29 is 24.9 Å². The summed E-state index contributed by atoms with van der Waals surface area (Å²) in [6, 6.07) is -1.30. The van der Waals surface area contributed by atoms with Crippen LogP contribution in [0.5, 0.6) is 0 Å². The molecule has 0 aliphatic rings. The molecule has 0 fully saturated rings. The van der Waals surface area contributed by atoms with Crippen molar-refractivity contribution in [3.8, 4) is 0 Å². The van der Waals surface area contributed by atoms with Crippen LogP contribution in [0.1, 0.15) is 26.7 Å². The first-order chi connectivity index (χ1) is 9.07. The molecule has 2 unspecified atom stereocenters. The molecule has 0 radical (unpaired) electrons. The van der Waals surface area contributed by atoms with Crippen molar-refractivity contribution in [3.63, 3.8) is 0 Å². The molecule has 2 atom stereocenters. The van der Waals surface area contributed by atoms with Crippen molar-refractivity contribution >= 4 is 17.9 Å². The maximum absolute atomic E-state index is 10.3. The number of rotatable bonds is 7. The largest absolute Gasteiger partial charge is 0.481 e. The zero-order chi connectivity index (χ0) is 16.3. The van der Waals surface area contributed by atoms with E-state index in [1.54, 1.807) is 0 Å². The maximum Gasteiger partial charge on any atom is 0.323 e. The lowest BCUT2D eigenvalue weighted by molar-refractivity contribution is -0.141. The number of hydrogen-bond acceptors (Lipinski definition) is 5. The number of nitrogens with two attached hydrogens (primary N) is 2. The highest BCUT2D eigenvalue weighted by Gasteiger charge is 2.21. The molecule has 0 spiro atoms. The Bertz CT molecular complexity index is 322. The highest BCUT2D eigenvalue weighted by molar-refractivity contribution is 5.74. The van der Waals surface area contributed by atoms with Gasteiger partial charge in [-0.1, -0.05) is 13.8 Å². The second-order valence-electron chi connectivity index (χ2n) is 4.55. The Morgan fingerprint density at radius 3 is 2.05 bits per heavy atom. The number of guanidine groups is 1. The van der Waals surface area contributed by atoms with Gasteiger partial charge in [0, 0.05) is 13.0 Å². The van der Waals surface area contributed by atoms with Gasteiger partial charge in [-0.15, -0.1) is 0 Å². The van der Waals surface area contributed by atoms with E-state index in [0.29, 0.717) is 0 Å². The van der Waals surface area contributed by atoms with E-state index in [2.05, 4.69) is 5.32 Å². The van der Waals surface area contributed by atoms with Crippen molar-refractivity contribution in [1.29, 1.82) is 5.41 Å². The van der Waals surface area contributed by atoms with Crippen LogP contribution >= 0.6 is 0 Å². The molecule has 0 aliphatic carbocycles. The van der Waals surface area contributed by atoms with Crippen LogP contribution in [0.15, 0.2) is 0 Å². The van der Waals surface area contributed by atoms with Gasteiger partial charge in [0.25, 0.3) is 0 Å². The summed E-state index contributed by atoms with van der Waals surface area (Å²) in [7, 11) is 0. The van der Waals surface area contributed by atoms with Crippen LogP contribution in [0, 0.1) is 11.3 Å². The third-order valence-corrected chi connectivity index (χ3v) is 2.04. The summed E-state index contributed by atoms with van der Waals surface area (Å²) in [4.78, 5) is 20.1. The van der Waals surface area contributed by atoms with E-state index in [1.807, 2.05) is 13.8 Å². The fraction of sp³-hybridized carbons (Fsp3) is 0.727. The SMILES string of the molecule is CC(C)CC(=O)O.N=C(N)NCCC(O)C(N)C(=O)O. The molecule has 118 valence electrons. The molecule has 9 nitrogen and oxygen atoms in total. The first kappa shape index (κ1) is 20.4. The molecule has 0 aromatic rings. The lowest BCUT2D eigenvalue weighted by Crippen LogP contribution is -2.43. The summed E-state index contributed by atoms with van der Waals surface area (Å²) >= 11 is 0. The van der Waals surface area contributed by atoms with Crippen LogP contribution in [-0.2, 0) is 9.59 Å². The molecule has 0 saturated carbocycles. The third kappa shape index (κ3) is 14.2. The Morgan fingerprint density at radius 2 is 1.80 bits per heavy atom. The predicted octanol–water partition coefficient (Wildman–Crippen LogP) is -1.25. The van der Waals surface area contributed by atoms with Crippen LogP contribution in [0.3, 0.4) is 0 Å². The number of hydrogen-bond donors (Lipinski definition) is 7. The Labute approximate surface area is 117 Å². The molecule has 9 N–H and O–H groups in total. The van der Waals surface area contributed by atoms with Gasteiger partial charge >= 0.3 is 11.9 Å². The Morgan fingerprint density at radius 1 is 1.30 bits per heavy atom. The molecule has 0 rings (SSSR count). The minimum Gasteiger partial charge on any atom is -0.481 e. The van der Waals surface area contributed by atoms with E-state index in [-0.39, 0.29) is 31.3 Å². The van der Waals surface area contributed by atoms with Crippen molar-refractivity contribution in [2.45, 2.75) is 38.8 Å². The number of carbonyl (C=O) groups is 2. The molecular formula is C11H24N4O5. The van der Waals surface area contributed by atoms with Gasteiger partial charge in [-0.2, -0.15) is 0 Å². The zero-order valence-electron chi connectivity index (χ0n) is 11.7. The van der Waals surface area contributed by atoms with Gasteiger partial charge in [0.1, 0.15) is 6.04 Å². The Balaban J connectivity index is 0. The summed E-state index contributed by atoms with van der Waals surface area (Å²) in [5, 5.41) is 34.8. The summed E-state index contributed by atoms with van der Waals surface area (Å²) < 4.78 is 0. The molecule has 20 heavy (non-hydrogen) atoms. The lowest BCUT2D eigenvalue weighted by Gasteiger charge is -2.14. The van der Waals surface area contributed by atoms with Crippen LogP contribution in [0.4, 0.5) is 0 Å². The molecule has 0 aliphatic heterocycles. The summed E-state index contributed by atoms with van der Waals surface area (Å²) in [5.74, 6) is -1.92. The normalized spacial score (nSPS) is 12.8. The standard InChI is InChI=1S/C6H14N4O3.C5H10O2/c7-4(5(12)13)3(11)1-2-10-6(8)9;1-4(2)3-5(6)7/h3-4,11H,1-2,7H2,(H,12,13)(H4,8,9,10);4H,3H2,1-2H3,(H,6,7). The summed E-state index contributed by atoms with van der Waals surface area (Å²) in [6.07, 6.45) is -0.725. The third-order valence-electron chi connectivity index (χ3n) is 2.04. The minimum atomic E-state index is -1.30. The zero-order valence-corrected chi connectivity index (χ0v) is 11.7. The van der Waals surface area contributed by atoms with Crippen LogP contribution in [0.25, 0.3) is 0 Å². The topological polar surface area (TPSA) is 183 Å². The second kappa shape index (κ2) is 11.0. The second-order valence-corrected chi connectivity index (χ2v) is 4.55. The van der Waals surface area contributed by atoms with E-state index >= 15 is 0 Å². The molecule has 0 aromatic carbocycles. The van der Waals surface area contributed by atoms with Gasteiger partial charge < -0.3 is 32.1 Å². The number of carboxylic acid groups (broad SMARTS) is 2. The first-order valence-corrected chi connectivity index (χ1v) is 6.04. The molecule has 0 bridgehead atoms. The maximum atomic E-state index is 10.3. The predicted molar refractivity (Wildman–Crippen MR) is 73.2 cm³/mol.